The molecular weight excluding hydrogens is 366 g/mol. The van der Waals surface area contributed by atoms with Gasteiger partial charge in [0.25, 0.3) is 11.7 Å². The summed E-state index contributed by atoms with van der Waals surface area (Å²) in [5.74, 6) is 0.267. The van der Waals surface area contributed by atoms with Crippen LogP contribution in [0.4, 0.5) is 0 Å². The van der Waals surface area contributed by atoms with E-state index in [2.05, 4.69) is 0 Å². The summed E-state index contributed by atoms with van der Waals surface area (Å²) in [4.78, 5) is 26.7. The molecule has 4 rings (SSSR count). The minimum atomic E-state index is -0.839. The highest BCUT2D eigenvalue weighted by molar-refractivity contribution is 6.46. The van der Waals surface area contributed by atoms with Gasteiger partial charge in [0.05, 0.1) is 12.2 Å². The molecule has 146 valence electrons. The van der Waals surface area contributed by atoms with Crippen LogP contribution in [0.5, 0.6) is 11.5 Å². The van der Waals surface area contributed by atoms with E-state index in [1.54, 1.807) is 37.3 Å². The first-order chi connectivity index (χ1) is 13.5. The molecule has 28 heavy (non-hydrogen) atoms. The van der Waals surface area contributed by atoms with Crippen LogP contribution in [0.3, 0.4) is 0 Å². The standard InChI is InChI=1S/C20H19NO7/c1-11-3-5-14(28-11)17-16(19(23)20(24)21(17)7-8-25-2)18(22)12-4-6-13-15(9-12)27-10-26-13/h3-6,9,17,22H,7-8,10H2,1-2H3/b18-16-. The number of aliphatic hydroxyl groups is 1. The van der Waals surface area contributed by atoms with E-state index in [1.807, 2.05) is 0 Å². The Kier molecular flexibility index (Phi) is 4.56. The van der Waals surface area contributed by atoms with Crippen molar-refractivity contribution in [3.05, 3.63) is 53.0 Å². The Labute approximate surface area is 160 Å². The first-order valence-corrected chi connectivity index (χ1v) is 8.75. The number of furan rings is 1. The molecule has 1 N–H and O–H groups in total. The third-order valence-corrected chi connectivity index (χ3v) is 4.75. The molecule has 8 nitrogen and oxygen atoms in total. The van der Waals surface area contributed by atoms with Gasteiger partial charge < -0.3 is 28.6 Å². The van der Waals surface area contributed by atoms with Gasteiger partial charge in [-0.15, -0.1) is 0 Å². The van der Waals surface area contributed by atoms with Crippen LogP contribution in [0.25, 0.3) is 5.76 Å². The molecule has 8 heteroatoms. The first-order valence-electron chi connectivity index (χ1n) is 8.75. The van der Waals surface area contributed by atoms with Crippen molar-refractivity contribution in [3.63, 3.8) is 0 Å². The molecule has 1 saturated heterocycles. The Morgan fingerprint density at radius 3 is 2.71 bits per heavy atom. The molecular formula is C20H19NO7. The van der Waals surface area contributed by atoms with Gasteiger partial charge in [-0.05, 0) is 37.3 Å². The Bertz CT molecular complexity index is 975. The SMILES string of the molecule is COCCN1C(=O)C(=O)/C(=C(\O)c2ccc3c(c2)OCO3)C1c1ccc(C)o1. The average molecular weight is 385 g/mol. The fourth-order valence-electron chi connectivity index (χ4n) is 3.40. The van der Waals surface area contributed by atoms with Gasteiger partial charge in [-0.25, -0.2) is 0 Å². The van der Waals surface area contributed by atoms with Gasteiger partial charge in [0.15, 0.2) is 11.5 Å². The molecule has 2 aromatic rings. The van der Waals surface area contributed by atoms with Crippen molar-refractivity contribution >= 4 is 17.4 Å². The number of likely N-dealkylation sites (tertiary alicyclic amines) is 1. The number of benzene rings is 1. The van der Waals surface area contributed by atoms with Crippen LogP contribution in [0.1, 0.15) is 23.1 Å². The van der Waals surface area contributed by atoms with Crippen LogP contribution in [0.2, 0.25) is 0 Å². The molecule has 2 aliphatic heterocycles. The number of methoxy groups -OCH3 is 1. The van der Waals surface area contributed by atoms with Crippen molar-refractivity contribution < 1.29 is 33.3 Å². The molecule has 3 heterocycles. The van der Waals surface area contributed by atoms with Crippen molar-refractivity contribution in [2.75, 3.05) is 27.1 Å². The molecule has 0 aliphatic carbocycles. The summed E-state index contributed by atoms with van der Waals surface area (Å²) in [5, 5.41) is 10.9. The molecule has 1 aromatic heterocycles. The zero-order valence-corrected chi connectivity index (χ0v) is 15.4. The van der Waals surface area contributed by atoms with Crippen molar-refractivity contribution in [3.8, 4) is 11.5 Å². The van der Waals surface area contributed by atoms with E-state index in [1.165, 1.54) is 12.0 Å². The Hall–Kier alpha value is -3.26. The molecule has 0 bridgehead atoms. The number of aryl methyl sites for hydroxylation is 1. The lowest BCUT2D eigenvalue weighted by Crippen LogP contribution is -2.32. The molecule has 1 unspecified atom stereocenters. The van der Waals surface area contributed by atoms with Gasteiger partial charge in [0, 0.05) is 19.2 Å². The summed E-state index contributed by atoms with van der Waals surface area (Å²) in [6.07, 6.45) is 0. The topological polar surface area (TPSA) is 98.4 Å². The van der Waals surface area contributed by atoms with E-state index in [0.717, 1.165) is 0 Å². The third kappa shape index (κ3) is 2.91. The lowest BCUT2D eigenvalue weighted by molar-refractivity contribution is -0.140. The maximum atomic E-state index is 12.8. The van der Waals surface area contributed by atoms with Crippen LogP contribution < -0.4 is 9.47 Å². The second-order valence-electron chi connectivity index (χ2n) is 6.50. The highest BCUT2D eigenvalue weighted by atomic mass is 16.7. The minimum absolute atomic E-state index is 0.0330. The maximum Gasteiger partial charge on any atom is 0.295 e. The van der Waals surface area contributed by atoms with Gasteiger partial charge in [-0.2, -0.15) is 0 Å². The van der Waals surface area contributed by atoms with Crippen molar-refractivity contribution in [2.24, 2.45) is 0 Å². The summed E-state index contributed by atoms with van der Waals surface area (Å²) >= 11 is 0. The number of carbonyl (C=O) groups is 2. The lowest BCUT2D eigenvalue weighted by atomic mass is 9.99. The summed E-state index contributed by atoms with van der Waals surface area (Å²) in [6, 6.07) is 7.42. The van der Waals surface area contributed by atoms with Crippen molar-refractivity contribution in [2.45, 2.75) is 13.0 Å². The van der Waals surface area contributed by atoms with Gasteiger partial charge >= 0.3 is 0 Å². The van der Waals surface area contributed by atoms with Gasteiger partial charge in [0.2, 0.25) is 6.79 Å². The van der Waals surface area contributed by atoms with E-state index < -0.39 is 17.7 Å². The predicted octanol–water partition coefficient (Wildman–Crippen LogP) is 2.38. The lowest BCUT2D eigenvalue weighted by Gasteiger charge is -2.22. The number of rotatable bonds is 5. The number of aliphatic hydroxyl groups excluding tert-OH is 1. The third-order valence-electron chi connectivity index (χ3n) is 4.75. The quantitative estimate of drug-likeness (QED) is 0.479. The second-order valence-corrected chi connectivity index (χ2v) is 6.50. The number of hydrogen-bond donors (Lipinski definition) is 1. The summed E-state index contributed by atoms with van der Waals surface area (Å²) in [7, 11) is 1.51. The number of ether oxygens (including phenoxy) is 3. The minimum Gasteiger partial charge on any atom is -0.507 e. The number of nitrogens with zero attached hydrogens (tertiary/aromatic N) is 1. The van der Waals surface area contributed by atoms with Gasteiger partial charge in [0.1, 0.15) is 23.3 Å². The highest BCUT2D eigenvalue weighted by Crippen LogP contribution is 2.41. The second kappa shape index (κ2) is 7.05. The molecule has 1 fully saturated rings. The van der Waals surface area contributed by atoms with Crippen molar-refractivity contribution in [1.82, 2.24) is 4.90 Å². The van der Waals surface area contributed by atoms with Gasteiger partial charge in [-0.1, -0.05) is 0 Å². The van der Waals surface area contributed by atoms with E-state index in [4.69, 9.17) is 18.6 Å². The molecule has 2 aliphatic rings. The number of ketones is 1. The molecule has 1 amide bonds. The van der Waals surface area contributed by atoms with Crippen LogP contribution in [-0.4, -0.2) is 48.8 Å². The number of hydrogen-bond acceptors (Lipinski definition) is 7. The fourth-order valence-corrected chi connectivity index (χ4v) is 3.40. The smallest absolute Gasteiger partial charge is 0.295 e. The summed E-state index contributed by atoms with van der Waals surface area (Å²) < 4.78 is 21.4. The number of amides is 1. The van der Waals surface area contributed by atoms with Crippen LogP contribution in [0.15, 0.2) is 40.3 Å². The Morgan fingerprint density at radius 2 is 2.00 bits per heavy atom. The Morgan fingerprint density at radius 1 is 1.21 bits per heavy atom. The van der Waals surface area contributed by atoms with Crippen LogP contribution >= 0.6 is 0 Å². The fraction of sp³-hybridized carbons (Fsp3) is 0.300. The van der Waals surface area contributed by atoms with Crippen LogP contribution in [-0.2, 0) is 14.3 Å². The molecule has 0 saturated carbocycles. The largest absolute Gasteiger partial charge is 0.507 e. The van der Waals surface area contributed by atoms with Crippen molar-refractivity contribution in [1.29, 1.82) is 0 Å². The zero-order chi connectivity index (χ0) is 19.8. The molecule has 1 aromatic carbocycles. The highest BCUT2D eigenvalue weighted by Gasteiger charge is 2.47. The monoisotopic (exact) mass is 385 g/mol. The van der Waals surface area contributed by atoms with E-state index in [-0.39, 0.29) is 31.3 Å². The Balaban J connectivity index is 1.83. The number of fused-ring (bicyclic) bond motifs is 1. The first kappa shape index (κ1) is 18.1. The zero-order valence-electron chi connectivity index (χ0n) is 15.4. The molecule has 0 radical (unpaired) electrons. The van der Waals surface area contributed by atoms with Crippen LogP contribution in [0, 0.1) is 6.92 Å². The van der Waals surface area contributed by atoms with E-state index >= 15 is 0 Å². The van der Waals surface area contributed by atoms with Gasteiger partial charge in [-0.3, -0.25) is 9.59 Å². The average Bonchev–Trinajstić information content (AvgIpc) is 3.38. The van der Waals surface area contributed by atoms with E-state index in [9.17, 15) is 14.7 Å². The summed E-state index contributed by atoms with van der Waals surface area (Å²) in [6.45, 7) is 2.28. The predicted molar refractivity (Wildman–Crippen MR) is 96.9 cm³/mol. The maximum absolute atomic E-state index is 12.8. The normalized spacial score (nSPS) is 20.2. The molecule has 0 spiro atoms. The number of Topliss-reactive ketones (excluding diaryl/α,β-unsaturated/α-hetero) is 1. The van der Waals surface area contributed by atoms with E-state index in [0.29, 0.717) is 28.6 Å². The number of carbonyl (C=O) groups excluding carboxylic acids is 2. The molecule has 1 atom stereocenters. The summed E-state index contributed by atoms with van der Waals surface area (Å²) in [5.41, 5.74) is 0.316.